The molecule has 0 aromatic heterocycles. The topological polar surface area (TPSA) is 42.0 Å². The van der Waals surface area contributed by atoms with E-state index in [1.165, 1.54) is 0 Å². The van der Waals surface area contributed by atoms with Gasteiger partial charge >= 0.3 is 0 Å². The Kier molecular flexibility index (Phi) is 5.92. The Morgan fingerprint density at radius 3 is 2.58 bits per heavy atom. The largest absolute Gasteiger partial charge is 0.454 e. The Labute approximate surface area is 154 Å². The fourth-order valence-electron chi connectivity index (χ4n) is 2.68. The van der Waals surface area contributed by atoms with Gasteiger partial charge in [-0.15, -0.1) is 0 Å². The first-order valence-electron chi connectivity index (χ1n) is 8.67. The molecular formula is C21H24N2O3. The minimum absolute atomic E-state index is 0.00614. The SMILES string of the molecule is CN(C)CCN(Cc1ccccc1)C(=O)/C=C/c1ccc2c(c1)OCO2. The van der Waals surface area contributed by atoms with Gasteiger partial charge in [-0.2, -0.15) is 0 Å². The van der Waals surface area contributed by atoms with Gasteiger partial charge in [0.15, 0.2) is 11.5 Å². The molecule has 0 radical (unpaired) electrons. The molecule has 1 amide bonds. The summed E-state index contributed by atoms with van der Waals surface area (Å²) in [5.74, 6) is 1.45. The zero-order chi connectivity index (χ0) is 18.4. The van der Waals surface area contributed by atoms with Gasteiger partial charge in [-0.3, -0.25) is 4.79 Å². The van der Waals surface area contributed by atoms with Crippen molar-refractivity contribution in [3.8, 4) is 11.5 Å². The molecule has 0 spiro atoms. The van der Waals surface area contributed by atoms with Crippen LogP contribution in [0.15, 0.2) is 54.6 Å². The minimum Gasteiger partial charge on any atom is -0.454 e. The summed E-state index contributed by atoms with van der Waals surface area (Å²) in [5, 5.41) is 0. The second-order valence-electron chi connectivity index (χ2n) is 6.49. The van der Waals surface area contributed by atoms with E-state index in [2.05, 4.69) is 4.90 Å². The van der Waals surface area contributed by atoms with Crippen molar-refractivity contribution in [2.45, 2.75) is 6.54 Å². The van der Waals surface area contributed by atoms with E-state index >= 15 is 0 Å². The molecule has 0 N–H and O–H groups in total. The quantitative estimate of drug-likeness (QED) is 0.719. The van der Waals surface area contributed by atoms with Crippen molar-refractivity contribution in [3.05, 3.63) is 65.7 Å². The van der Waals surface area contributed by atoms with Gasteiger partial charge in [0.1, 0.15) is 0 Å². The number of ether oxygens (including phenoxy) is 2. The summed E-state index contributed by atoms with van der Waals surface area (Å²) in [6, 6.07) is 15.7. The van der Waals surface area contributed by atoms with Crippen molar-refractivity contribution >= 4 is 12.0 Å². The molecule has 0 bridgehead atoms. The van der Waals surface area contributed by atoms with Crippen molar-refractivity contribution in [2.75, 3.05) is 34.0 Å². The Bertz CT molecular complexity index is 772. The Balaban J connectivity index is 1.69. The van der Waals surface area contributed by atoms with Crippen LogP contribution >= 0.6 is 0 Å². The molecule has 0 unspecified atom stereocenters. The normalized spacial score (nSPS) is 12.7. The number of carbonyl (C=O) groups excluding carboxylic acids is 1. The Hall–Kier alpha value is -2.79. The number of carbonyl (C=O) groups is 1. The van der Waals surface area contributed by atoms with Gasteiger partial charge < -0.3 is 19.3 Å². The summed E-state index contributed by atoms with van der Waals surface area (Å²) in [6.45, 7) is 2.33. The van der Waals surface area contributed by atoms with Gasteiger partial charge in [-0.1, -0.05) is 36.4 Å². The number of hydrogen-bond acceptors (Lipinski definition) is 4. The van der Waals surface area contributed by atoms with Gasteiger partial charge in [0.25, 0.3) is 0 Å². The van der Waals surface area contributed by atoms with Crippen LogP contribution in [0.1, 0.15) is 11.1 Å². The van der Waals surface area contributed by atoms with Crippen molar-refractivity contribution in [2.24, 2.45) is 0 Å². The van der Waals surface area contributed by atoms with Crippen LogP contribution in [0, 0.1) is 0 Å². The fraction of sp³-hybridized carbons (Fsp3) is 0.286. The smallest absolute Gasteiger partial charge is 0.246 e. The lowest BCUT2D eigenvalue weighted by molar-refractivity contribution is -0.126. The van der Waals surface area contributed by atoms with Crippen LogP contribution in [0.4, 0.5) is 0 Å². The molecule has 1 heterocycles. The third kappa shape index (κ3) is 4.86. The second kappa shape index (κ2) is 8.54. The molecule has 3 rings (SSSR count). The van der Waals surface area contributed by atoms with E-state index in [0.29, 0.717) is 18.8 Å². The van der Waals surface area contributed by atoms with Gasteiger partial charge in [-0.05, 0) is 43.4 Å². The third-order valence-corrected chi connectivity index (χ3v) is 4.16. The lowest BCUT2D eigenvalue weighted by Crippen LogP contribution is -2.35. The molecule has 0 fully saturated rings. The zero-order valence-corrected chi connectivity index (χ0v) is 15.2. The molecule has 1 aliphatic rings. The third-order valence-electron chi connectivity index (χ3n) is 4.16. The van der Waals surface area contributed by atoms with Gasteiger partial charge in [0, 0.05) is 25.7 Å². The molecule has 5 nitrogen and oxygen atoms in total. The highest BCUT2D eigenvalue weighted by Gasteiger charge is 2.14. The lowest BCUT2D eigenvalue weighted by atomic mass is 10.1. The number of nitrogens with zero attached hydrogens (tertiary/aromatic N) is 2. The summed E-state index contributed by atoms with van der Waals surface area (Å²) in [4.78, 5) is 16.7. The zero-order valence-electron chi connectivity index (χ0n) is 15.2. The van der Waals surface area contributed by atoms with E-state index in [1.807, 2.05) is 73.6 Å². The Morgan fingerprint density at radius 2 is 1.81 bits per heavy atom. The molecule has 2 aromatic rings. The molecular weight excluding hydrogens is 328 g/mol. The highest BCUT2D eigenvalue weighted by molar-refractivity contribution is 5.91. The predicted octanol–water partition coefficient (Wildman–Crippen LogP) is 3.02. The van der Waals surface area contributed by atoms with Crippen LogP contribution < -0.4 is 9.47 Å². The van der Waals surface area contributed by atoms with E-state index in [1.54, 1.807) is 6.08 Å². The maximum absolute atomic E-state index is 12.7. The molecule has 0 atom stereocenters. The average molecular weight is 352 g/mol. The van der Waals surface area contributed by atoms with Crippen LogP contribution in [0.5, 0.6) is 11.5 Å². The van der Waals surface area contributed by atoms with Gasteiger partial charge in [0.2, 0.25) is 12.7 Å². The predicted molar refractivity (Wildman–Crippen MR) is 102 cm³/mol. The molecule has 0 saturated carbocycles. The number of amides is 1. The first-order chi connectivity index (χ1) is 12.6. The lowest BCUT2D eigenvalue weighted by Gasteiger charge is -2.23. The number of rotatable bonds is 7. The van der Waals surface area contributed by atoms with E-state index in [9.17, 15) is 4.79 Å². The van der Waals surface area contributed by atoms with Crippen LogP contribution in [0.3, 0.4) is 0 Å². The molecule has 2 aromatic carbocycles. The number of benzene rings is 2. The summed E-state index contributed by atoms with van der Waals surface area (Å²) < 4.78 is 10.7. The van der Waals surface area contributed by atoms with E-state index in [0.717, 1.165) is 23.4 Å². The summed E-state index contributed by atoms with van der Waals surface area (Å²) >= 11 is 0. The molecule has 5 heteroatoms. The molecule has 26 heavy (non-hydrogen) atoms. The van der Waals surface area contributed by atoms with Crippen LogP contribution in [-0.2, 0) is 11.3 Å². The maximum atomic E-state index is 12.7. The van der Waals surface area contributed by atoms with E-state index in [-0.39, 0.29) is 12.7 Å². The molecule has 0 aliphatic carbocycles. The summed E-state index contributed by atoms with van der Waals surface area (Å²) in [7, 11) is 4.02. The van der Waals surface area contributed by atoms with Crippen LogP contribution in [0.25, 0.3) is 6.08 Å². The first kappa shape index (κ1) is 18.0. The van der Waals surface area contributed by atoms with E-state index < -0.39 is 0 Å². The van der Waals surface area contributed by atoms with Crippen molar-refractivity contribution in [3.63, 3.8) is 0 Å². The maximum Gasteiger partial charge on any atom is 0.246 e. The average Bonchev–Trinajstić information content (AvgIpc) is 3.11. The highest BCUT2D eigenvalue weighted by Crippen LogP contribution is 2.32. The van der Waals surface area contributed by atoms with E-state index in [4.69, 9.17) is 9.47 Å². The standard InChI is InChI=1S/C21H24N2O3/c1-22(2)12-13-23(15-18-6-4-3-5-7-18)21(24)11-9-17-8-10-19-20(14-17)26-16-25-19/h3-11,14H,12-13,15-16H2,1-2H3/b11-9+. The van der Waals surface area contributed by atoms with Crippen molar-refractivity contribution in [1.29, 1.82) is 0 Å². The van der Waals surface area contributed by atoms with Crippen molar-refractivity contribution < 1.29 is 14.3 Å². The minimum atomic E-state index is -0.00614. The molecule has 0 saturated heterocycles. The monoisotopic (exact) mass is 352 g/mol. The number of fused-ring (bicyclic) bond motifs is 1. The second-order valence-corrected chi connectivity index (χ2v) is 6.49. The number of likely N-dealkylation sites (N-methyl/N-ethyl adjacent to an activating group) is 1. The van der Waals surface area contributed by atoms with Crippen LogP contribution in [-0.4, -0.2) is 49.7 Å². The highest BCUT2D eigenvalue weighted by atomic mass is 16.7. The van der Waals surface area contributed by atoms with Crippen molar-refractivity contribution in [1.82, 2.24) is 9.80 Å². The summed E-state index contributed by atoms with van der Waals surface area (Å²) in [6.07, 6.45) is 3.44. The van der Waals surface area contributed by atoms with Gasteiger partial charge in [0.05, 0.1) is 0 Å². The Morgan fingerprint density at radius 1 is 1.04 bits per heavy atom. The van der Waals surface area contributed by atoms with Crippen LogP contribution in [0.2, 0.25) is 0 Å². The van der Waals surface area contributed by atoms with Gasteiger partial charge in [-0.25, -0.2) is 0 Å². The number of hydrogen-bond donors (Lipinski definition) is 0. The molecule has 136 valence electrons. The fourth-order valence-corrected chi connectivity index (χ4v) is 2.68. The summed E-state index contributed by atoms with van der Waals surface area (Å²) in [5.41, 5.74) is 2.03. The first-order valence-corrected chi connectivity index (χ1v) is 8.67. The molecule has 1 aliphatic heterocycles.